The van der Waals surface area contributed by atoms with Crippen LogP contribution in [0.1, 0.15) is 43.9 Å². The first kappa shape index (κ1) is 14.7. The zero-order valence-corrected chi connectivity index (χ0v) is 10.9. The average Bonchev–Trinajstić information content (AvgIpc) is 2.24. The van der Waals surface area contributed by atoms with Crippen molar-refractivity contribution in [3.63, 3.8) is 0 Å². The zero-order chi connectivity index (χ0) is 13.8. The van der Waals surface area contributed by atoms with Gasteiger partial charge in [-0.25, -0.2) is 0 Å². The highest BCUT2D eigenvalue weighted by Gasteiger charge is 2.18. The minimum atomic E-state index is -0.842. The van der Waals surface area contributed by atoms with Crippen LogP contribution in [-0.2, 0) is 11.2 Å². The number of carboxylic acids is 1. The minimum absolute atomic E-state index is 0.0536. The number of carboxylic acid groups (broad SMARTS) is 1. The van der Waals surface area contributed by atoms with E-state index < -0.39 is 11.6 Å². The second-order valence-electron chi connectivity index (χ2n) is 5.23. The normalized spacial score (nSPS) is 13.3. The fourth-order valence-electron chi connectivity index (χ4n) is 1.96. The van der Waals surface area contributed by atoms with Crippen LogP contribution in [0.4, 0.5) is 0 Å². The summed E-state index contributed by atoms with van der Waals surface area (Å²) >= 11 is 0. The van der Waals surface area contributed by atoms with Crippen molar-refractivity contribution in [2.24, 2.45) is 5.73 Å². The van der Waals surface area contributed by atoms with Crippen LogP contribution >= 0.6 is 0 Å². The van der Waals surface area contributed by atoms with E-state index >= 15 is 0 Å². The van der Waals surface area contributed by atoms with Gasteiger partial charge in [-0.2, -0.15) is 0 Å². The van der Waals surface area contributed by atoms with Gasteiger partial charge in [0.15, 0.2) is 0 Å². The Morgan fingerprint density at radius 2 is 2.00 bits per heavy atom. The fourth-order valence-corrected chi connectivity index (χ4v) is 1.96. The van der Waals surface area contributed by atoms with Crippen molar-refractivity contribution in [3.8, 4) is 0 Å². The lowest BCUT2D eigenvalue weighted by molar-refractivity contribution is -0.137. The summed E-state index contributed by atoms with van der Waals surface area (Å²) in [7, 11) is 0. The molecule has 1 atom stereocenters. The first-order chi connectivity index (χ1) is 8.29. The molecule has 0 aliphatic rings. The second kappa shape index (κ2) is 5.98. The molecule has 0 aromatic heterocycles. The van der Waals surface area contributed by atoms with E-state index in [9.17, 15) is 9.90 Å². The van der Waals surface area contributed by atoms with Crippen molar-refractivity contribution in [2.45, 2.75) is 44.8 Å². The molecule has 4 N–H and O–H groups in total. The van der Waals surface area contributed by atoms with Crippen molar-refractivity contribution >= 4 is 5.97 Å². The smallest absolute Gasteiger partial charge is 0.303 e. The van der Waals surface area contributed by atoms with E-state index in [1.54, 1.807) is 13.8 Å². The van der Waals surface area contributed by atoms with Gasteiger partial charge in [0.1, 0.15) is 0 Å². The number of hydrogen-bond acceptors (Lipinski definition) is 3. The first-order valence-electron chi connectivity index (χ1n) is 6.07. The van der Waals surface area contributed by atoms with E-state index in [4.69, 9.17) is 10.8 Å². The molecule has 0 aliphatic heterocycles. The van der Waals surface area contributed by atoms with Gasteiger partial charge in [-0.05, 0) is 31.4 Å². The molecular formula is C14H21NO3. The molecule has 4 nitrogen and oxygen atoms in total. The summed E-state index contributed by atoms with van der Waals surface area (Å²) in [6.07, 6.45) is 0.958. The van der Waals surface area contributed by atoms with Gasteiger partial charge < -0.3 is 15.9 Å². The van der Waals surface area contributed by atoms with Crippen LogP contribution in [0.25, 0.3) is 0 Å². The van der Waals surface area contributed by atoms with Crippen LogP contribution in [0.5, 0.6) is 0 Å². The SMILES string of the molecule is CC(C)(O)Cc1ccccc1C(N)CCC(=O)O. The Morgan fingerprint density at radius 3 is 2.56 bits per heavy atom. The molecule has 0 spiro atoms. The van der Waals surface area contributed by atoms with Crippen LogP contribution in [-0.4, -0.2) is 21.8 Å². The molecule has 0 aliphatic carbocycles. The second-order valence-corrected chi connectivity index (χ2v) is 5.23. The lowest BCUT2D eigenvalue weighted by Gasteiger charge is -2.22. The molecule has 1 rings (SSSR count). The number of hydrogen-bond donors (Lipinski definition) is 3. The largest absolute Gasteiger partial charge is 0.481 e. The Hall–Kier alpha value is -1.39. The van der Waals surface area contributed by atoms with E-state index in [1.807, 2.05) is 24.3 Å². The van der Waals surface area contributed by atoms with Crippen LogP contribution in [0.3, 0.4) is 0 Å². The fraction of sp³-hybridized carbons (Fsp3) is 0.500. The van der Waals surface area contributed by atoms with Crippen LogP contribution in [0, 0.1) is 0 Å². The molecule has 0 saturated heterocycles. The van der Waals surface area contributed by atoms with Gasteiger partial charge in [-0.15, -0.1) is 0 Å². The summed E-state index contributed by atoms with van der Waals surface area (Å²) in [6, 6.07) is 7.29. The van der Waals surface area contributed by atoms with Crippen molar-refractivity contribution in [3.05, 3.63) is 35.4 Å². The molecular weight excluding hydrogens is 230 g/mol. The molecule has 0 fully saturated rings. The summed E-state index contributed by atoms with van der Waals surface area (Å²) in [4.78, 5) is 10.6. The minimum Gasteiger partial charge on any atom is -0.481 e. The maximum absolute atomic E-state index is 10.6. The highest BCUT2D eigenvalue weighted by atomic mass is 16.4. The third-order valence-electron chi connectivity index (χ3n) is 2.75. The number of aliphatic hydroxyl groups is 1. The van der Waals surface area contributed by atoms with Gasteiger partial charge in [0.25, 0.3) is 0 Å². The van der Waals surface area contributed by atoms with E-state index in [0.29, 0.717) is 12.8 Å². The molecule has 4 heteroatoms. The van der Waals surface area contributed by atoms with Crippen LogP contribution < -0.4 is 5.73 Å². The lowest BCUT2D eigenvalue weighted by atomic mass is 9.90. The molecule has 0 saturated carbocycles. The highest BCUT2D eigenvalue weighted by Crippen LogP contribution is 2.23. The van der Waals surface area contributed by atoms with E-state index in [0.717, 1.165) is 11.1 Å². The Kier molecular flexibility index (Phi) is 4.87. The van der Waals surface area contributed by atoms with Crippen LogP contribution in [0.2, 0.25) is 0 Å². The predicted octanol–water partition coefficient (Wildman–Crippen LogP) is 1.86. The van der Waals surface area contributed by atoms with Gasteiger partial charge in [-0.1, -0.05) is 24.3 Å². The zero-order valence-electron chi connectivity index (χ0n) is 10.9. The summed E-state index contributed by atoms with van der Waals surface area (Å²) in [5, 5.41) is 18.5. The summed E-state index contributed by atoms with van der Waals surface area (Å²) in [5.74, 6) is -0.842. The van der Waals surface area contributed by atoms with E-state index in [2.05, 4.69) is 0 Å². The topological polar surface area (TPSA) is 83.5 Å². The average molecular weight is 251 g/mol. The summed E-state index contributed by atoms with van der Waals surface area (Å²) in [6.45, 7) is 3.49. The number of carbonyl (C=O) groups is 1. The van der Waals surface area contributed by atoms with Crippen molar-refractivity contribution in [2.75, 3.05) is 0 Å². The highest BCUT2D eigenvalue weighted by molar-refractivity contribution is 5.66. The molecule has 0 bridgehead atoms. The third-order valence-corrected chi connectivity index (χ3v) is 2.75. The molecule has 0 heterocycles. The van der Waals surface area contributed by atoms with Crippen LogP contribution in [0.15, 0.2) is 24.3 Å². The standard InChI is InChI=1S/C14H21NO3/c1-14(2,18)9-10-5-3-4-6-11(10)12(15)7-8-13(16)17/h3-6,12,18H,7-9,15H2,1-2H3,(H,16,17). The molecule has 100 valence electrons. The van der Waals surface area contributed by atoms with Crippen molar-refractivity contribution < 1.29 is 15.0 Å². The molecule has 0 amide bonds. The first-order valence-corrected chi connectivity index (χ1v) is 6.07. The van der Waals surface area contributed by atoms with Gasteiger partial charge in [0, 0.05) is 18.9 Å². The molecule has 1 aromatic carbocycles. The van der Waals surface area contributed by atoms with E-state index in [-0.39, 0.29) is 12.5 Å². The maximum Gasteiger partial charge on any atom is 0.303 e. The molecule has 18 heavy (non-hydrogen) atoms. The molecule has 1 unspecified atom stereocenters. The van der Waals surface area contributed by atoms with Crippen molar-refractivity contribution in [1.82, 2.24) is 0 Å². The maximum atomic E-state index is 10.6. The third kappa shape index (κ3) is 4.85. The number of benzene rings is 1. The van der Waals surface area contributed by atoms with Gasteiger partial charge in [0.2, 0.25) is 0 Å². The van der Waals surface area contributed by atoms with Crippen molar-refractivity contribution in [1.29, 1.82) is 0 Å². The number of nitrogens with two attached hydrogens (primary N) is 1. The lowest BCUT2D eigenvalue weighted by Crippen LogP contribution is -2.24. The number of aliphatic carboxylic acids is 1. The molecule has 0 radical (unpaired) electrons. The summed E-state index contributed by atoms with van der Waals surface area (Å²) < 4.78 is 0. The quantitative estimate of drug-likeness (QED) is 0.720. The Labute approximate surface area is 107 Å². The van der Waals surface area contributed by atoms with Gasteiger partial charge in [0.05, 0.1) is 5.60 Å². The number of rotatable bonds is 6. The van der Waals surface area contributed by atoms with Gasteiger partial charge in [-0.3, -0.25) is 4.79 Å². The summed E-state index contributed by atoms with van der Waals surface area (Å²) in [5.41, 5.74) is 7.11. The predicted molar refractivity (Wildman–Crippen MR) is 70.2 cm³/mol. The monoisotopic (exact) mass is 251 g/mol. The van der Waals surface area contributed by atoms with E-state index in [1.165, 1.54) is 0 Å². The Morgan fingerprint density at radius 1 is 1.39 bits per heavy atom. The molecule has 1 aromatic rings. The Balaban J connectivity index is 2.84. The Bertz CT molecular complexity index is 410. The van der Waals surface area contributed by atoms with Gasteiger partial charge >= 0.3 is 5.97 Å².